The number of carbonyl (C=O) groups excluding carboxylic acids is 4. The Bertz CT molecular complexity index is 1480. The lowest BCUT2D eigenvalue weighted by Gasteiger charge is -2.37. The molecule has 9 nitrogen and oxygen atoms in total. The van der Waals surface area contributed by atoms with Gasteiger partial charge in [0.1, 0.15) is 0 Å². The second-order valence-electron chi connectivity index (χ2n) is 15.0. The van der Waals surface area contributed by atoms with Gasteiger partial charge in [-0.2, -0.15) is 0 Å². The maximum atomic E-state index is 16.1. The molecule has 3 atom stereocenters. The Morgan fingerprint density at radius 3 is 2.17 bits per heavy atom. The summed E-state index contributed by atoms with van der Waals surface area (Å²) >= 11 is 0. The number of anilines is 2. The van der Waals surface area contributed by atoms with Crippen LogP contribution < -0.4 is 20.4 Å². The lowest BCUT2D eigenvalue weighted by atomic mass is 9.71. The summed E-state index contributed by atoms with van der Waals surface area (Å²) < 4.78 is 16.1. The number of carbonyl (C=O) groups is 4. The molecule has 5 rings (SSSR count). The van der Waals surface area contributed by atoms with Crippen LogP contribution in [0.4, 0.5) is 15.8 Å². The van der Waals surface area contributed by atoms with E-state index in [0.717, 1.165) is 31.2 Å². The summed E-state index contributed by atoms with van der Waals surface area (Å²) in [6, 6.07) is 11.5. The van der Waals surface area contributed by atoms with E-state index in [2.05, 4.69) is 31.4 Å². The smallest absolute Gasteiger partial charge is 0.254 e. The molecule has 260 valence electrons. The minimum Gasteiger partial charge on any atom is -0.391 e. The Morgan fingerprint density at radius 2 is 1.58 bits per heavy atom. The third-order valence-electron chi connectivity index (χ3n) is 10.5. The summed E-state index contributed by atoms with van der Waals surface area (Å²) in [5.41, 5.74) is 1.13. The Balaban J connectivity index is 1.33. The lowest BCUT2D eigenvalue weighted by molar-refractivity contribution is -0.126. The molecule has 10 heteroatoms. The Morgan fingerprint density at radius 1 is 0.958 bits per heavy atom. The van der Waals surface area contributed by atoms with E-state index in [0.29, 0.717) is 44.0 Å². The molecule has 0 bridgehead atoms. The predicted molar refractivity (Wildman–Crippen MR) is 184 cm³/mol. The topological polar surface area (TPSA) is 119 Å². The van der Waals surface area contributed by atoms with Crippen molar-refractivity contribution in [1.82, 2.24) is 10.6 Å². The van der Waals surface area contributed by atoms with E-state index in [9.17, 15) is 24.3 Å². The van der Waals surface area contributed by atoms with Crippen molar-refractivity contribution in [2.45, 2.75) is 110 Å². The van der Waals surface area contributed by atoms with Crippen LogP contribution in [0.25, 0.3) is 0 Å². The molecule has 1 saturated carbocycles. The largest absolute Gasteiger partial charge is 0.391 e. The highest BCUT2D eigenvalue weighted by Gasteiger charge is 2.34. The van der Waals surface area contributed by atoms with Gasteiger partial charge in [0.15, 0.2) is 5.82 Å². The maximum absolute atomic E-state index is 16.1. The molecule has 0 spiro atoms. The van der Waals surface area contributed by atoms with E-state index in [4.69, 9.17) is 0 Å². The number of hydrogen-bond acceptors (Lipinski definition) is 5. The monoisotopic (exact) mass is 662 g/mol. The van der Waals surface area contributed by atoms with Crippen LogP contribution in [0.2, 0.25) is 0 Å². The summed E-state index contributed by atoms with van der Waals surface area (Å²) in [7, 11) is 0. The zero-order valence-corrected chi connectivity index (χ0v) is 28.8. The average Bonchev–Trinajstić information content (AvgIpc) is 3.68. The van der Waals surface area contributed by atoms with Gasteiger partial charge in [-0.3, -0.25) is 19.2 Å². The van der Waals surface area contributed by atoms with E-state index in [1.807, 2.05) is 30.3 Å². The second kappa shape index (κ2) is 15.2. The van der Waals surface area contributed by atoms with Gasteiger partial charge in [0.05, 0.1) is 23.4 Å². The third-order valence-corrected chi connectivity index (χ3v) is 10.5. The molecule has 2 aromatic rings. The molecule has 2 saturated heterocycles. The summed E-state index contributed by atoms with van der Waals surface area (Å²) in [4.78, 5) is 55.3. The normalized spacial score (nSPS) is 22.0. The molecule has 1 aliphatic carbocycles. The number of hydrogen-bond donors (Lipinski definition) is 3. The van der Waals surface area contributed by atoms with Crippen molar-refractivity contribution in [2.24, 2.45) is 17.3 Å². The van der Waals surface area contributed by atoms with Gasteiger partial charge in [0.25, 0.3) is 5.91 Å². The number of nitrogens with zero attached hydrogens (tertiary/aromatic N) is 2. The van der Waals surface area contributed by atoms with Crippen LogP contribution in [-0.2, 0) is 20.8 Å². The van der Waals surface area contributed by atoms with E-state index >= 15 is 4.39 Å². The highest BCUT2D eigenvalue weighted by Crippen LogP contribution is 2.38. The standard InChI is InChI=1S/C38H51FN4O5/c1-24(36(47)40-27-16-14-26(15-17-27)38(2,3)4)20-32(44)30(21-25-10-6-5-7-11-25)41-37(48)29-22-28(42-18-8-12-33(42)45)23-31(35(29)39)43-19-9-13-34(43)46/h5-7,10-11,22-24,26-27,30,32,44H,8-9,12-21H2,1-4H3,(H,40,47)(H,41,48). The van der Waals surface area contributed by atoms with Crippen LogP contribution in [0.5, 0.6) is 0 Å². The molecule has 3 unspecified atom stereocenters. The van der Waals surface area contributed by atoms with E-state index in [1.54, 1.807) is 6.92 Å². The molecule has 0 aromatic heterocycles. The molecule has 2 heterocycles. The summed E-state index contributed by atoms with van der Waals surface area (Å²) in [5, 5.41) is 17.6. The SMILES string of the molecule is CC(CC(O)C(Cc1ccccc1)NC(=O)c1cc(N2CCCC2=O)cc(N2CCCC2=O)c1F)C(=O)NC1CCC(C(C)(C)C)CC1. The molecular weight excluding hydrogens is 611 g/mol. The van der Waals surface area contributed by atoms with Crippen molar-refractivity contribution in [3.05, 3.63) is 59.4 Å². The Labute approximate surface area is 283 Å². The average molecular weight is 663 g/mol. The number of amides is 4. The predicted octanol–water partition coefficient (Wildman–Crippen LogP) is 5.53. The number of benzene rings is 2. The van der Waals surface area contributed by atoms with Gasteiger partial charge in [0, 0.05) is 43.6 Å². The van der Waals surface area contributed by atoms with Crippen molar-refractivity contribution < 1.29 is 28.7 Å². The Hall–Kier alpha value is -3.79. The van der Waals surface area contributed by atoms with Crippen molar-refractivity contribution in [3.8, 4) is 0 Å². The van der Waals surface area contributed by atoms with Gasteiger partial charge in [-0.15, -0.1) is 0 Å². The first-order valence-electron chi connectivity index (χ1n) is 17.6. The van der Waals surface area contributed by atoms with E-state index in [1.165, 1.54) is 21.9 Å². The van der Waals surface area contributed by atoms with Crippen molar-refractivity contribution in [1.29, 1.82) is 0 Å². The fourth-order valence-electron chi connectivity index (χ4n) is 7.41. The van der Waals surface area contributed by atoms with Gasteiger partial charge in [-0.05, 0) is 80.4 Å². The zero-order valence-electron chi connectivity index (χ0n) is 28.8. The second-order valence-corrected chi connectivity index (χ2v) is 15.0. The van der Waals surface area contributed by atoms with Gasteiger partial charge < -0.3 is 25.5 Å². The van der Waals surface area contributed by atoms with Gasteiger partial charge in [-0.25, -0.2) is 4.39 Å². The van der Waals surface area contributed by atoms with Crippen LogP contribution in [0, 0.1) is 23.1 Å². The van der Waals surface area contributed by atoms with Crippen LogP contribution in [0.3, 0.4) is 0 Å². The summed E-state index contributed by atoms with van der Waals surface area (Å²) in [6.45, 7) is 9.32. The number of aliphatic hydroxyl groups is 1. The number of aliphatic hydroxyl groups excluding tert-OH is 1. The minimum absolute atomic E-state index is 0.0261. The molecule has 2 aliphatic heterocycles. The quantitative estimate of drug-likeness (QED) is 0.293. The Kier molecular flexibility index (Phi) is 11.2. The van der Waals surface area contributed by atoms with Crippen molar-refractivity contribution in [3.63, 3.8) is 0 Å². The number of rotatable bonds is 11. The van der Waals surface area contributed by atoms with Crippen LogP contribution in [-0.4, -0.2) is 60.0 Å². The molecular formula is C38H51FN4O5. The van der Waals surface area contributed by atoms with Crippen molar-refractivity contribution >= 4 is 35.0 Å². The number of nitrogens with one attached hydrogen (secondary N) is 2. The molecule has 0 radical (unpaired) electrons. The minimum atomic E-state index is -1.11. The third kappa shape index (κ3) is 8.43. The van der Waals surface area contributed by atoms with Crippen LogP contribution in [0.1, 0.15) is 101 Å². The zero-order chi connectivity index (χ0) is 34.6. The summed E-state index contributed by atoms with van der Waals surface area (Å²) in [6.07, 6.45) is 5.06. The van der Waals surface area contributed by atoms with Gasteiger partial charge in [-0.1, -0.05) is 58.0 Å². The first-order valence-corrected chi connectivity index (χ1v) is 17.6. The molecule has 3 N–H and O–H groups in total. The fraction of sp³-hybridized carbons (Fsp3) is 0.579. The van der Waals surface area contributed by atoms with Gasteiger partial charge in [0.2, 0.25) is 17.7 Å². The van der Waals surface area contributed by atoms with Crippen LogP contribution in [0.15, 0.2) is 42.5 Å². The van der Waals surface area contributed by atoms with E-state index < -0.39 is 29.8 Å². The first kappa shape index (κ1) is 35.5. The first-order chi connectivity index (χ1) is 22.8. The van der Waals surface area contributed by atoms with Crippen LogP contribution >= 0.6 is 0 Å². The van der Waals surface area contributed by atoms with Crippen molar-refractivity contribution in [2.75, 3.05) is 22.9 Å². The highest BCUT2D eigenvalue weighted by molar-refractivity contribution is 6.03. The molecule has 4 amide bonds. The molecule has 2 aromatic carbocycles. The fourth-order valence-corrected chi connectivity index (χ4v) is 7.41. The molecule has 3 fully saturated rings. The van der Waals surface area contributed by atoms with Gasteiger partial charge >= 0.3 is 0 Å². The molecule has 48 heavy (non-hydrogen) atoms. The maximum Gasteiger partial charge on any atom is 0.254 e. The molecule has 3 aliphatic rings. The van der Waals surface area contributed by atoms with E-state index in [-0.39, 0.29) is 59.7 Å². The number of halogens is 1. The lowest BCUT2D eigenvalue weighted by Crippen LogP contribution is -2.47. The summed E-state index contributed by atoms with van der Waals surface area (Å²) in [5.74, 6) is -2.01. The highest BCUT2D eigenvalue weighted by atomic mass is 19.1.